The second-order valence-corrected chi connectivity index (χ2v) is 4.64. The van der Waals surface area contributed by atoms with E-state index in [9.17, 15) is 9.18 Å². The lowest BCUT2D eigenvalue weighted by Gasteiger charge is -2.04. The first kappa shape index (κ1) is 12.1. The van der Waals surface area contributed by atoms with Gasteiger partial charge in [-0.05, 0) is 35.2 Å². The zero-order chi connectivity index (χ0) is 12.4. The lowest BCUT2D eigenvalue weighted by Crippen LogP contribution is -2.01. The molecule has 0 fully saturated rings. The van der Waals surface area contributed by atoms with Gasteiger partial charge in [0.15, 0.2) is 0 Å². The minimum absolute atomic E-state index is 0.173. The molecular formula is C12H8ClFO2S. The number of ether oxygens (including phenoxy) is 1. The van der Waals surface area contributed by atoms with Gasteiger partial charge in [0.25, 0.3) is 0 Å². The zero-order valence-electron chi connectivity index (χ0n) is 8.87. The summed E-state index contributed by atoms with van der Waals surface area (Å²) in [6.07, 6.45) is 0. The first-order valence-electron chi connectivity index (χ1n) is 4.74. The fraction of sp³-hybridized carbons (Fsp3) is 0.0833. The Morgan fingerprint density at radius 2 is 2.18 bits per heavy atom. The molecule has 0 saturated heterocycles. The smallest absolute Gasteiger partial charge is 0.337 e. The summed E-state index contributed by atoms with van der Waals surface area (Å²) in [6.45, 7) is 0. The maximum Gasteiger partial charge on any atom is 0.337 e. The number of thiophene rings is 1. The Balaban J connectivity index is 2.53. The van der Waals surface area contributed by atoms with E-state index in [-0.39, 0.29) is 5.56 Å². The monoisotopic (exact) mass is 270 g/mol. The molecule has 1 aromatic carbocycles. The molecule has 0 bridgehead atoms. The minimum Gasteiger partial charge on any atom is -0.465 e. The van der Waals surface area contributed by atoms with E-state index in [0.717, 1.165) is 10.9 Å². The summed E-state index contributed by atoms with van der Waals surface area (Å²) >= 11 is 7.35. The first-order chi connectivity index (χ1) is 8.11. The van der Waals surface area contributed by atoms with Gasteiger partial charge < -0.3 is 4.74 Å². The van der Waals surface area contributed by atoms with Gasteiger partial charge in [-0.25, -0.2) is 9.18 Å². The van der Waals surface area contributed by atoms with E-state index in [1.807, 2.05) is 0 Å². The molecule has 1 heterocycles. The predicted octanol–water partition coefficient (Wildman–Crippen LogP) is 3.99. The highest BCUT2D eigenvalue weighted by Crippen LogP contribution is 2.34. The quantitative estimate of drug-likeness (QED) is 0.771. The molecule has 1 aromatic heterocycles. The average Bonchev–Trinajstić information content (AvgIpc) is 2.73. The third kappa shape index (κ3) is 2.48. The van der Waals surface area contributed by atoms with Crippen molar-refractivity contribution in [1.29, 1.82) is 0 Å². The Bertz CT molecular complexity index is 565. The van der Waals surface area contributed by atoms with Crippen LogP contribution in [-0.4, -0.2) is 13.1 Å². The maximum atomic E-state index is 13.4. The van der Waals surface area contributed by atoms with Crippen molar-refractivity contribution in [1.82, 2.24) is 0 Å². The van der Waals surface area contributed by atoms with Crippen LogP contribution in [0.4, 0.5) is 4.39 Å². The molecule has 5 heteroatoms. The normalized spacial score (nSPS) is 10.3. The molecule has 0 aliphatic rings. The highest BCUT2D eigenvalue weighted by atomic mass is 35.5. The molecule has 2 nitrogen and oxygen atoms in total. The van der Waals surface area contributed by atoms with Crippen molar-refractivity contribution in [2.75, 3.05) is 7.11 Å². The largest absolute Gasteiger partial charge is 0.465 e. The molecule has 0 spiro atoms. The molecule has 0 atom stereocenters. The Labute approximate surface area is 107 Å². The van der Waals surface area contributed by atoms with Crippen LogP contribution >= 0.6 is 22.9 Å². The Morgan fingerprint density at radius 3 is 2.76 bits per heavy atom. The van der Waals surface area contributed by atoms with Crippen molar-refractivity contribution >= 4 is 28.9 Å². The lowest BCUT2D eigenvalue weighted by molar-refractivity contribution is 0.0600. The van der Waals surface area contributed by atoms with E-state index >= 15 is 0 Å². The van der Waals surface area contributed by atoms with Crippen LogP contribution < -0.4 is 0 Å². The minimum atomic E-state index is -0.571. The van der Waals surface area contributed by atoms with E-state index in [0.29, 0.717) is 10.6 Å². The molecule has 0 aliphatic carbocycles. The van der Waals surface area contributed by atoms with Crippen LogP contribution in [0.5, 0.6) is 0 Å². The lowest BCUT2D eigenvalue weighted by atomic mass is 10.1. The second kappa shape index (κ2) is 4.85. The summed E-state index contributed by atoms with van der Waals surface area (Å²) in [5, 5.41) is 2.34. The van der Waals surface area contributed by atoms with Gasteiger partial charge in [0.05, 0.1) is 22.6 Å². The second-order valence-electron chi connectivity index (χ2n) is 3.32. The molecule has 0 amide bonds. The number of methoxy groups -OCH3 is 1. The molecule has 0 N–H and O–H groups in total. The van der Waals surface area contributed by atoms with Crippen molar-refractivity contribution in [3.05, 3.63) is 46.0 Å². The number of hydrogen-bond donors (Lipinski definition) is 0. The Kier molecular flexibility index (Phi) is 3.45. The van der Waals surface area contributed by atoms with Gasteiger partial charge >= 0.3 is 5.97 Å². The van der Waals surface area contributed by atoms with Crippen molar-refractivity contribution in [2.24, 2.45) is 0 Å². The standard InChI is InChI=1S/C12H8ClFO2S/c1-16-12(15)8-4-7(5-9(14)6-8)11-10(13)2-3-17-11/h2-6H,1H3. The first-order valence-corrected chi connectivity index (χ1v) is 6.00. The summed E-state index contributed by atoms with van der Waals surface area (Å²) in [4.78, 5) is 12.1. The number of benzene rings is 1. The van der Waals surface area contributed by atoms with Crippen LogP contribution in [0.3, 0.4) is 0 Å². The van der Waals surface area contributed by atoms with E-state index in [4.69, 9.17) is 11.6 Å². The molecule has 2 aromatic rings. The summed E-state index contributed by atoms with van der Waals surface area (Å²) in [5.74, 6) is -1.06. The average molecular weight is 271 g/mol. The van der Waals surface area contributed by atoms with E-state index in [1.165, 1.54) is 24.5 Å². The number of halogens is 2. The molecule has 0 unspecified atom stereocenters. The molecule has 2 rings (SSSR count). The summed E-state index contributed by atoms with van der Waals surface area (Å²) in [7, 11) is 1.25. The van der Waals surface area contributed by atoms with E-state index in [1.54, 1.807) is 17.5 Å². The van der Waals surface area contributed by atoms with Gasteiger partial charge in [0, 0.05) is 0 Å². The molecule has 0 saturated carbocycles. The number of esters is 1. The van der Waals surface area contributed by atoms with Crippen LogP contribution in [0.2, 0.25) is 5.02 Å². The maximum absolute atomic E-state index is 13.4. The number of rotatable bonds is 2. The third-order valence-electron chi connectivity index (χ3n) is 2.20. The van der Waals surface area contributed by atoms with Crippen LogP contribution in [0.1, 0.15) is 10.4 Å². The fourth-order valence-corrected chi connectivity index (χ4v) is 2.61. The van der Waals surface area contributed by atoms with Gasteiger partial charge in [-0.2, -0.15) is 0 Å². The van der Waals surface area contributed by atoms with E-state index < -0.39 is 11.8 Å². The van der Waals surface area contributed by atoms with Crippen LogP contribution in [0, 0.1) is 5.82 Å². The number of hydrogen-bond acceptors (Lipinski definition) is 3. The fourth-order valence-electron chi connectivity index (χ4n) is 1.46. The number of carbonyl (C=O) groups excluding carboxylic acids is 1. The van der Waals surface area contributed by atoms with Gasteiger partial charge in [0.2, 0.25) is 0 Å². The molecule has 0 radical (unpaired) electrons. The molecular weight excluding hydrogens is 263 g/mol. The SMILES string of the molecule is COC(=O)c1cc(F)cc(-c2sccc2Cl)c1. The van der Waals surface area contributed by atoms with Gasteiger partial charge in [-0.15, -0.1) is 11.3 Å². The Hall–Kier alpha value is -1.39. The molecule has 17 heavy (non-hydrogen) atoms. The molecule has 88 valence electrons. The van der Waals surface area contributed by atoms with Crippen molar-refractivity contribution in [2.45, 2.75) is 0 Å². The topological polar surface area (TPSA) is 26.3 Å². The molecule has 0 aliphatic heterocycles. The van der Waals surface area contributed by atoms with E-state index in [2.05, 4.69) is 4.74 Å². The predicted molar refractivity (Wildman–Crippen MR) is 66.1 cm³/mol. The number of carbonyl (C=O) groups is 1. The summed E-state index contributed by atoms with van der Waals surface area (Å²) in [6, 6.07) is 5.76. The van der Waals surface area contributed by atoms with Crippen LogP contribution in [0.25, 0.3) is 10.4 Å². The summed E-state index contributed by atoms with van der Waals surface area (Å²) in [5.41, 5.74) is 0.748. The van der Waals surface area contributed by atoms with Crippen LogP contribution in [0.15, 0.2) is 29.6 Å². The highest BCUT2D eigenvalue weighted by Gasteiger charge is 2.12. The summed E-state index contributed by atoms with van der Waals surface area (Å²) < 4.78 is 18.0. The Morgan fingerprint density at radius 1 is 1.41 bits per heavy atom. The van der Waals surface area contributed by atoms with Gasteiger partial charge in [0.1, 0.15) is 5.82 Å². The zero-order valence-corrected chi connectivity index (χ0v) is 10.4. The van der Waals surface area contributed by atoms with Crippen LogP contribution in [-0.2, 0) is 4.74 Å². The van der Waals surface area contributed by atoms with Crippen molar-refractivity contribution in [3.63, 3.8) is 0 Å². The highest BCUT2D eigenvalue weighted by molar-refractivity contribution is 7.14. The van der Waals surface area contributed by atoms with Gasteiger partial charge in [-0.1, -0.05) is 11.6 Å². The van der Waals surface area contributed by atoms with Crippen molar-refractivity contribution < 1.29 is 13.9 Å². The third-order valence-corrected chi connectivity index (χ3v) is 3.59. The van der Waals surface area contributed by atoms with Gasteiger partial charge in [-0.3, -0.25) is 0 Å². The van der Waals surface area contributed by atoms with Crippen molar-refractivity contribution in [3.8, 4) is 10.4 Å².